The normalized spacial score (nSPS) is 17.3. The van der Waals surface area contributed by atoms with Gasteiger partial charge in [-0.05, 0) is 38.0 Å². The molecule has 4 aromatic rings. The molecule has 0 amide bonds. The lowest BCUT2D eigenvalue weighted by atomic mass is 9.90. The molecule has 2 N–H and O–H groups in total. The second-order valence-electron chi connectivity index (χ2n) is 7.94. The molecule has 1 aliphatic rings. The summed E-state index contributed by atoms with van der Waals surface area (Å²) < 4.78 is 18.8. The van der Waals surface area contributed by atoms with E-state index in [0.29, 0.717) is 71.1 Å². The average molecular weight is 463 g/mol. The quantitative estimate of drug-likeness (QED) is 0.407. The van der Waals surface area contributed by atoms with Crippen molar-refractivity contribution in [2.45, 2.75) is 31.9 Å². The van der Waals surface area contributed by atoms with Gasteiger partial charge < -0.3 is 24.6 Å². The number of nitrogens with zero attached hydrogens (tertiary/aromatic N) is 5. The molecule has 0 saturated heterocycles. The van der Waals surface area contributed by atoms with E-state index < -0.39 is 0 Å². The molecule has 34 heavy (non-hydrogen) atoms. The minimum Gasteiger partial charge on any atom is -0.494 e. The monoisotopic (exact) mass is 462 g/mol. The van der Waals surface area contributed by atoms with E-state index in [1.54, 1.807) is 26.5 Å². The molecule has 1 saturated carbocycles. The van der Waals surface area contributed by atoms with Crippen LogP contribution in [0, 0.1) is 0 Å². The highest BCUT2D eigenvalue weighted by atomic mass is 16.5. The zero-order valence-corrected chi connectivity index (χ0v) is 19.2. The molecule has 5 rings (SSSR count). The Kier molecular flexibility index (Phi) is 5.89. The van der Waals surface area contributed by atoms with Gasteiger partial charge in [0, 0.05) is 12.1 Å². The fourth-order valence-electron chi connectivity index (χ4n) is 4.04. The summed E-state index contributed by atoms with van der Waals surface area (Å²) >= 11 is 0. The molecule has 3 aromatic heterocycles. The third kappa shape index (κ3) is 3.96. The Morgan fingerprint density at radius 3 is 2.44 bits per heavy atom. The first-order chi connectivity index (χ1) is 16.6. The molecule has 1 aromatic carbocycles. The Morgan fingerprint density at radius 1 is 1.03 bits per heavy atom. The number of fused-ring (bicyclic) bond motifs is 1. The van der Waals surface area contributed by atoms with E-state index in [9.17, 15) is 5.11 Å². The number of hydrogen-bond acceptors (Lipinski definition) is 9. The van der Waals surface area contributed by atoms with Gasteiger partial charge in [0.05, 0.1) is 33.1 Å². The fraction of sp³-hybridized carbons (Fsp3) is 0.333. The van der Waals surface area contributed by atoms with Crippen molar-refractivity contribution < 1.29 is 19.3 Å². The highest BCUT2D eigenvalue weighted by molar-refractivity contribution is 5.80. The number of rotatable bonds is 8. The summed E-state index contributed by atoms with van der Waals surface area (Å²) in [6.07, 6.45) is 2.74. The van der Waals surface area contributed by atoms with Crippen molar-refractivity contribution in [3.8, 4) is 34.6 Å². The number of imidazole rings is 1. The summed E-state index contributed by atoms with van der Waals surface area (Å²) in [5.41, 5.74) is 2.20. The van der Waals surface area contributed by atoms with Gasteiger partial charge in [0.25, 0.3) is 0 Å². The summed E-state index contributed by atoms with van der Waals surface area (Å²) in [4.78, 5) is 18.8. The predicted octanol–water partition coefficient (Wildman–Crippen LogP) is 3.23. The Balaban J connectivity index is 1.73. The van der Waals surface area contributed by atoms with Crippen LogP contribution >= 0.6 is 0 Å². The van der Waals surface area contributed by atoms with Gasteiger partial charge in [0.1, 0.15) is 28.7 Å². The number of aromatic nitrogens is 5. The van der Waals surface area contributed by atoms with Crippen LogP contribution in [0.1, 0.15) is 19.8 Å². The molecular formula is C24H26N6O4. The lowest BCUT2D eigenvalue weighted by Crippen LogP contribution is -2.39. The molecule has 10 heteroatoms. The molecule has 1 fully saturated rings. The van der Waals surface area contributed by atoms with E-state index in [0.717, 1.165) is 0 Å². The lowest BCUT2D eigenvalue weighted by molar-refractivity contribution is 0.0835. The predicted molar refractivity (Wildman–Crippen MR) is 127 cm³/mol. The maximum Gasteiger partial charge on any atom is 0.213 e. The van der Waals surface area contributed by atoms with Crippen molar-refractivity contribution in [1.82, 2.24) is 24.5 Å². The van der Waals surface area contributed by atoms with Gasteiger partial charge in [-0.15, -0.1) is 0 Å². The van der Waals surface area contributed by atoms with Crippen molar-refractivity contribution >= 4 is 17.1 Å². The highest BCUT2D eigenvalue weighted by Gasteiger charge is 2.28. The smallest absolute Gasteiger partial charge is 0.213 e. The maximum absolute atomic E-state index is 9.63. The number of hydrogen-bond donors (Lipinski definition) is 2. The number of pyridine rings is 1. The minimum absolute atomic E-state index is 0.155. The topological polar surface area (TPSA) is 116 Å². The number of methoxy groups -OCH3 is 2. The van der Waals surface area contributed by atoms with E-state index in [4.69, 9.17) is 24.2 Å². The Morgan fingerprint density at radius 2 is 1.76 bits per heavy atom. The molecule has 0 spiro atoms. The zero-order chi connectivity index (χ0) is 23.7. The highest BCUT2D eigenvalue weighted by Crippen LogP contribution is 2.38. The lowest BCUT2D eigenvalue weighted by Gasteiger charge is -2.32. The average Bonchev–Trinajstić information content (AvgIpc) is 3.21. The van der Waals surface area contributed by atoms with E-state index in [2.05, 4.69) is 15.3 Å². The van der Waals surface area contributed by atoms with Crippen LogP contribution in [-0.2, 0) is 0 Å². The van der Waals surface area contributed by atoms with Crippen LogP contribution in [-0.4, -0.2) is 62.6 Å². The first kappa shape index (κ1) is 21.9. The van der Waals surface area contributed by atoms with Crippen LogP contribution < -0.4 is 19.5 Å². The van der Waals surface area contributed by atoms with Crippen LogP contribution in [0.3, 0.4) is 0 Å². The van der Waals surface area contributed by atoms with Crippen molar-refractivity contribution in [3.63, 3.8) is 0 Å². The standard InChI is InChI=1S/C24H26N6O4/c1-4-34-20-10-5-7-16(27-20)23-29-22-24(28-19(13-25-22)26-14-11-15(31)12-14)30(23)21-17(32-2)8-6-9-18(21)33-3/h5-10,13-15,31H,4,11-12H2,1-3H3,(H,26,28). The van der Waals surface area contributed by atoms with Crippen molar-refractivity contribution in [2.24, 2.45) is 0 Å². The van der Waals surface area contributed by atoms with E-state index >= 15 is 0 Å². The van der Waals surface area contributed by atoms with E-state index in [1.165, 1.54) is 0 Å². The van der Waals surface area contributed by atoms with Crippen LogP contribution in [0.2, 0.25) is 0 Å². The first-order valence-electron chi connectivity index (χ1n) is 11.1. The van der Waals surface area contributed by atoms with Gasteiger partial charge in [0.15, 0.2) is 17.1 Å². The van der Waals surface area contributed by atoms with Crippen LogP contribution in [0.4, 0.5) is 5.82 Å². The molecule has 1 aliphatic carbocycles. The molecular weight excluding hydrogens is 436 g/mol. The third-order valence-electron chi connectivity index (χ3n) is 5.71. The zero-order valence-electron chi connectivity index (χ0n) is 19.2. The number of aliphatic hydroxyl groups excluding tert-OH is 1. The molecule has 10 nitrogen and oxygen atoms in total. The summed E-state index contributed by atoms with van der Waals surface area (Å²) in [5.74, 6) is 2.79. The van der Waals surface area contributed by atoms with Crippen LogP contribution in [0.25, 0.3) is 28.5 Å². The second kappa shape index (κ2) is 9.14. The fourth-order valence-corrected chi connectivity index (χ4v) is 4.04. The Bertz CT molecular complexity index is 1300. The third-order valence-corrected chi connectivity index (χ3v) is 5.71. The number of anilines is 1. The Labute approximate surface area is 196 Å². The van der Waals surface area contributed by atoms with Crippen molar-refractivity contribution in [2.75, 3.05) is 26.1 Å². The van der Waals surface area contributed by atoms with Gasteiger partial charge in [-0.2, -0.15) is 0 Å². The van der Waals surface area contributed by atoms with Gasteiger partial charge in [-0.1, -0.05) is 12.1 Å². The summed E-state index contributed by atoms with van der Waals surface area (Å²) in [5, 5.41) is 13.0. The molecule has 0 atom stereocenters. The molecule has 0 aliphatic heterocycles. The second-order valence-corrected chi connectivity index (χ2v) is 7.94. The van der Waals surface area contributed by atoms with Crippen LogP contribution in [0.15, 0.2) is 42.6 Å². The van der Waals surface area contributed by atoms with Gasteiger partial charge >= 0.3 is 0 Å². The summed E-state index contributed by atoms with van der Waals surface area (Å²) in [7, 11) is 3.21. The maximum atomic E-state index is 9.63. The number of benzene rings is 1. The van der Waals surface area contributed by atoms with Crippen molar-refractivity contribution in [3.05, 3.63) is 42.6 Å². The van der Waals surface area contributed by atoms with E-state index in [1.807, 2.05) is 41.8 Å². The van der Waals surface area contributed by atoms with Crippen LogP contribution in [0.5, 0.6) is 17.4 Å². The Hall–Kier alpha value is -3.92. The number of ether oxygens (including phenoxy) is 3. The number of para-hydroxylation sites is 1. The minimum atomic E-state index is -0.271. The first-order valence-corrected chi connectivity index (χ1v) is 11.1. The number of aliphatic hydroxyl groups is 1. The van der Waals surface area contributed by atoms with Gasteiger partial charge in [-0.3, -0.25) is 4.57 Å². The largest absolute Gasteiger partial charge is 0.494 e. The summed E-state index contributed by atoms with van der Waals surface area (Å²) in [6.45, 7) is 2.41. The van der Waals surface area contributed by atoms with E-state index in [-0.39, 0.29) is 12.1 Å². The molecule has 3 heterocycles. The van der Waals surface area contributed by atoms with Gasteiger partial charge in [-0.25, -0.2) is 19.9 Å². The molecule has 176 valence electrons. The van der Waals surface area contributed by atoms with Gasteiger partial charge in [0.2, 0.25) is 5.88 Å². The molecule has 0 bridgehead atoms. The molecule has 0 unspecified atom stereocenters. The van der Waals surface area contributed by atoms with Crippen molar-refractivity contribution in [1.29, 1.82) is 0 Å². The summed E-state index contributed by atoms with van der Waals surface area (Å²) in [6, 6.07) is 11.2. The number of nitrogens with one attached hydrogen (secondary N) is 1. The molecule has 0 radical (unpaired) electrons. The SMILES string of the molecule is CCOc1cccc(-c2nc3ncc(NC4CC(O)C4)nc3n2-c2c(OC)cccc2OC)n1.